The Bertz CT molecular complexity index is 725. The van der Waals surface area contributed by atoms with Crippen LogP contribution in [0.2, 0.25) is 5.02 Å². The fourth-order valence-electron chi connectivity index (χ4n) is 2.23. The zero-order valence-electron chi connectivity index (χ0n) is 10.4. The monoisotopic (exact) mass is 306 g/mol. The van der Waals surface area contributed by atoms with Crippen LogP contribution in [0.3, 0.4) is 0 Å². The lowest BCUT2D eigenvalue weighted by Crippen LogP contribution is -1.92. The van der Waals surface area contributed by atoms with Crippen molar-refractivity contribution in [3.05, 3.63) is 68.9 Å². The van der Waals surface area contributed by atoms with Gasteiger partial charge in [-0.25, -0.2) is 0 Å². The highest BCUT2D eigenvalue weighted by atomic mass is 35.5. The van der Waals surface area contributed by atoms with Gasteiger partial charge in [-0.15, -0.1) is 22.9 Å². The maximum atomic E-state index is 6.66. The highest BCUT2D eigenvalue weighted by molar-refractivity contribution is 7.11. The van der Waals surface area contributed by atoms with Gasteiger partial charge >= 0.3 is 0 Å². The van der Waals surface area contributed by atoms with Crippen molar-refractivity contribution < 1.29 is 0 Å². The lowest BCUT2D eigenvalue weighted by molar-refractivity contribution is 1.20. The standard InChI is InChI=1S/C16H12Cl2S/c1-10-9-19-16(14(10)17)15(18)13-8-4-6-11-5-2-3-7-12(11)13/h2-9,15H,1H3. The molecule has 1 unspecified atom stereocenters. The normalized spacial score (nSPS) is 12.8. The van der Waals surface area contributed by atoms with Crippen molar-refractivity contribution in [2.75, 3.05) is 0 Å². The molecule has 0 bridgehead atoms. The van der Waals surface area contributed by atoms with Crippen LogP contribution in [0.25, 0.3) is 10.8 Å². The van der Waals surface area contributed by atoms with Crippen LogP contribution in [0.4, 0.5) is 0 Å². The number of benzene rings is 2. The van der Waals surface area contributed by atoms with Crippen LogP contribution in [0.15, 0.2) is 47.8 Å². The number of aryl methyl sites for hydroxylation is 1. The smallest absolute Gasteiger partial charge is 0.0948 e. The quantitative estimate of drug-likeness (QED) is 0.495. The summed E-state index contributed by atoms with van der Waals surface area (Å²) >= 11 is 14.6. The average molecular weight is 307 g/mol. The van der Waals surface area contributed by atoms with Gasteiger partial charge in [0.25, 0.3) is 0 Å². The number of hydrogen-bond acceptors (Lipinski definition) is 1. The van der Waals surface area contributed by atoms with Crippen LogP contribution < -0.4 is 0 Å². The van der Waals surface area contributed by atoms with Crippen LogP contribution in [-0.4, -0.2) is 0 Å². The van der Waals surface area contributed by atoms with E-state index in [0.29, 0.717) is 0 Å². The summed E-state index contributed by atoms with van der Waals surface area (Å²) in [6, 6.07) is 14.5. The molecule has 0 saturated carbocycles. The largest absolute Gasteiger partial charge is 0.145 e. The molecule has 3 aromatic rings. The zero-order valence-corrected chi connectivity index (χ0v) is 12.7. The Morgan fingerprint density at radius 2 is 1.79 bits per heavy atom. The molecule has 0 saturated heterocycles. The highest BCUT2D eigenvalue weighted by Crippen LogP contribution is 2.41. The molecule has 0 aliphatic heterocycles. The van der Waals surface area contributed by atoms with Gasteiger partial charge in [0, 0.05) is 4.88 Å². The Kier molecular flexibility index (Phi) is 3.53. The second kappa shape index (κ2) is 5.16. The average Bonchev–Trinajstić information content (AvgIpc) is 2.78. The van der Waals surface area contributed by atoms with Gasteiger partial charge in [-0.05, 0) is 34.2 Å². The molecule has 3 rings (SSSR count). The first-order valence-electron chi connectivity index (χ1n) is 6.03. The summed E-state index contributed by atoms with van der Waals surface area (Å²) in [6.07, 6.45) is 0. The summed E-state index contributed by atoms with van der Waals surface area (Å²) in [4.78, 5) is 1.03. The molecule has 3 heteroatoms. The lowest BCUT2D eigenvalue weighted by atomic mass is 10.0. The maximum absolute atomic E-state index is 6.66. The van der Waals surface area contributed by atoms with E-state index in [4.69, 9.17) is 23.2 Å². The molecule has 1 aromatic heterocycles. The van der Waals surface area contributed by atoms with Crippen LogP contribution >= 0.6 is 34.5 Å². The molecule has 0 N–H and O–H groups in total. The molecular weight excluding hydrogens is 295 g/mol. The Morgan fingerprint density at radius 3 is 2.53 bits per heavy atom. The fourth-order valence-corrected chi connectivity index (χ4v) is 4.04. The molecule has 96 valence electrons. The minimum atomic E-state index is -0.197. The molecule has 19 heavy (non-hydrogen) atoms. The molecule has 0 amide bonds. The number of halogens is 2. The van der Waals surface area contributed by atoms with Crippen molar-refractivity contribution in [2.24, 2.45) is 0 Å². The third kappa shape index (κ3) is 2.27. The minimum absolute atomic E-state index is 0.197. The molecule has 0 aliphatic carbocycles. The second-order valence-electron chi connectivity index (χ2n) is 4.53. The summed E-state index contributed by atoms with van der Waals surface area (Å²) < 4.78 is 0. The van der Waals surface area contributed by atoms with E-state index < -0.39 is 0 Å². The maximum Gasteiger partial charge on any atom is 0.0948 e. The third-order valence-corrected chi connectivity index (χ3v) is 5.61. The Hall–Kier alpha value is -1.02. The summed E-state index contributed by atoms with van der Waals surface area (Å²) in [7, 11) is 0. The molecule has 1 atom stereocenters. The first-order chi connectivity index (χ1) is 9.18. The van der Waals surface area contributed by atoms with E-state index in [1.54, 1.807) is 11.3 Å². The fraction of sp³-hybridized carbons (Fsp3) is 0.125. The van der Waals surface area contributed by atoms with Crippen molar-refractivity contribution in [2.45, 2.75) is 12.3 Å². The summed E-state index contributed by atoms with van der Waals surface area (Å²) in [6.45, 7) is 2.01. The Balaban J connectivity index is 2.17. The van der Waals surface area contributed by atoms with E-state index >= 15 is 0 Å². The van der Waals surface area contributed by atoms with E-state index in [2.05, 4.69) is 29.6 Å². The van der Waals surface area contributed by atoms with E-state index in [1.807, 2.05) is 25.1 Å². The Labute approximate surface area is 126 Å². The number of hydrogen-bond donors (Lipinski definition) is 0. The van der Waals surface area contributed by atoms with Crippen LogP contribution in [0.5, 0.6) is 0 Å². The first-order valence-corrected chi connectivity index (χ1v) is 7.73. The molecular formula is C16H12Cl2S. The van der Waals surface area contributed by atoms with Gasteiger partial charge < -0.3 is 0 Å². The summed E-state index contributed by atoms with van der Waals surface area (Å²) in [5, 5.41) is 5.04. The van der Waals surface area contributed by atoms with Crippen molar-refractivity contribution in [1.82, 2.24) is 0 Å². The molecule has 0 fully saturated rings. The third-order valence-electron chi connectivity index (χ3n) is 3.25. The predicted octanol–water partition coefficient (Wildman–Crippen LogP) is 6.19. The van der Waals surface area contributed by atoms with Gasteiger partial charge in [0.2, 0.25) is 0 Å². The number of thiophene rings is 1. The van der Waals surface area contributed by atoms with Gasteiger partial charge in [-0.2, -0.15) is 0 Å². The number of rotatable bonds is 2. The second-order valence-corrected chi connectivity index (χ2v) is 6.25. The van der Waals surface area contributed by atoms with E-state index in [0.717, 1.165) is 21.0 Å². The topological polar surface area (TPSA) is 0 Å². The van der Waals surface area contributed by atoms with Crippen molar-refractivity contribution >= 4 is 45.3 Å². The summed E-state index contributed by atoms with van der Waals surface area (Å²) in [5.74, 6) is 0. The molecule has 0 spiro atoms. The van der Waals surface area contributed by atoms with Crippen LogP contribution in [0, 0.1) is 6.92 Å². The van der Waals surface area contributed by atoms with Gasteiger partial charge in [-0.1, -0.05) is 54.1 Å². The van der Waals surface area contributed by atoms with E-state index in [1.165, 1.54) is 10.8 Å². The van der Waals surface area contributed by atoms with Crippen LogP contribution in [0.1, 0.15) is 21.4 Å². The predicted molar refractivity (Wildman–Crippen MR) is 85.7 cm³/mol. The number of fused-ring (bicyclic) bond motifs is 1. The molecule has 1 heterocycles. The Morgan fingerprint density at radius 1 is 1.05 bits per heavy atom. The van der Waals surface area contributed by atoms with Gasteiger partial charge in [0.15, 0.2) is 0 Å². The molecule has 0 radical (unpaired) electrons. The van der Waals surface area contributed by atoms with Crippen molar-refractivity contribution in [3.63, 3.8) is 0 Å². The zero-order chi connectivity index (χ0) is 13.4. The van der Waals surface area contributed by atoms with Crippen molar-refractivity contribution in [1.29, 1.82) is 0 Å². The SMILES string of the molecule is Cc1csc(C(Cl)c2cccc3ccccc23)c1Cl. The molecule has 0 aliphatic rings. The highest BCUT2D eigenvalue weighted by Gasteiger charge is 2.19. The van der Waals surface area contributed by atoms with Gasteiger partial charge in [0.1, 0.15) is 0 Å². The minimum Gasteiger partial charge on any atom is -0.145 e. The first kappa shape index (κ1) is 13.0. The molecule has 0 nitrogen and oxygen atoms in total. The molecule has 2 aromatic carbocycles. The van der Waals surface area contributed by atoms with Crippen molar-refractivity contribution in [3.8, 4) is 0 Å². The van der Waals surface area contributed by atoms with Crippen LogP contribution in [-0.2, 0) is 0 Å². The number of alkyl halides is 1. The lowest BCUT2D eigenvalue weighted by Gasteiger charge is -2.12. The van der Waals surface area contributed by atoms with E-state index in [9.17, 15) is 0 Å². The van der Waals surface area contributed by atoms with E-state index in [-0.39, 0.29) is 5.38 Å². The van der Waals surface area contributed by atoms with Gasteiger partial charge in [0.05, 0.1) is 10.4 Å². The van der Waals surface area contributed by atoms with Gasteiger partial charge in [-0.3, -0.25) is 0 Å². The summed E-state index contributed by atoms with van der Waals surface area (Å²) in [5.41, 5.74) is 2.20.